The van der Waals surface area contributed by atoms with Gasteiger partial charge >= 0.3 is 0 Å². The van der Waals surface area contributed by atoms with Gasteiger partial charge in [-0.25, -0.2) is 0 Å². The van der Waals surface area contributed by atoms with Crippen LogP contribution in [0, 0.1) is 10.1 Å². The van der Waals surface area contributed by atoms with Gasteiger partial charge in [-0.1, -0.05) is 11.6 Å². The average molecular weight is 313 g/mol. The van der Waals surface area contributed by atoms with Gasteiger partial charge in [-0.2, -0.15) is 0 Å². The molecule has 1 aliphatic rings. The summed E-state index contributed by atoms with van der Waals surface area (Å²) in [6.07, 6.45) is 1.24. The minimum atomic E-state index is -0.677. The number of hydrogen-bond donors (Lipinski definition) is 3. The highest BCUT2D eigenvalue weighted by Gasteiger charge is 2.26. The van der Waals surface area contributed by atoms with E-state index in [2.05, 4.69) is 10.6 Å². The Bertz CT molecular complexity index is 620. The van der Waals surface area contributed by atoms with E-state index in [1.807, 2.05) is 0 Å². The molecule has 1 saturated heterocycles. The number of carbonyl (C=O) groups excluding carboxylic acids is 2. The van der Waals surface area contributed by atoms with Crippen molar-refractivity contribution >= 4 is 34.8 Å². The van der Waals surface area contributed by atoms with Crippen LogP contribution >= 0.6 is 11.6 Å². The number of piperidine rings is 1. The Morgan fingerprint density at radius 1 is 1.52 bits per heavy atom. The summed E-state index contributed by atoms with van der Waals surface area (Å²) in [5, 5.41) is 15.8. The van der Waals surface area contributed by atoms with Crippen molar-refractivity contribution in [2.45, 2.75) is 18.9 Å². The third-order valence-corrected chi connectivity index (χ3v) is 3.47. The predicted octanol–water partition coefficient (Wildman–Crippen LogP) is 0.839. The number of nitrogens with zero attached hydrogens (tertiary/aromatic N) is 1. The lowest BCUT2D eigenvalue weighted by Gasteiger charge is -2.23. The van der Waals surface area contributed by atoms with Gasteiger partial charge in [0.25, 0.3) is 11.6 Å². The fourth-order valence-electron chi connectivity index (χ4n) is 2.04. The van der Waals surface area contributed by atoms with Crippen LogP contribution in [0.25, 0.3) is 0 Å². The molecule has 0 bridgehead atoms. The van der Waals surface area contributed by atoms with E-state index in [4.69, 9.17) is 17.3 Å². The molecule has 0 aromatic heterocycles. The number of hydrogen-bond acceptors (Lipinski definition) is 5. The van der Waals surface area contributed by atoms with Gasteiger partial charge in [0, 0.05) is 18.7 Å². The number of nitrogens with one attached hydrogen (secondary N) is 2. The van der Waals surface area contributed by atoms with E-state index >= 15 is 0 Å². The molecule has 0 radical (unpaired) electrons. The van der Waals surface area contributed by atoms with E-state index in [0.717, 1.165) is 18.6 Å². The highest BCUT2D eigenvalue weighted by Crippen LogP contribution is 2.28. The Kier molecular flexibility index (Phi) is 4.27. The van der Waals surface area contributed by atoms with Crippen LogP contribution in [0.3, 0.4) is 0 Å². The SMILES string of the molecule is Nc1c(Cl)cc([N+](=O)[O-])cc1C(=O)NC1CCCNC1=O. The third-order valence-electron chi connectivity index (χ3n) is 3.16. The molecule has 1 heterocycles. The minimum Gasteiger partial charge on any atom is -0.397 e. The molecule has 1 aromatic rings. The number of nitrogens with two attached hydrogens (primary N) is 1. The van der Waals surface area contributed by atoms with Crippen LogP contribution in [0.4, 0.5) is 11.4 Å². The van der Waals surface area contributed by atoms with Crippen molar-refractivity contribution in [1.82, 2.24) is 10.6 Å². The molecule has 1 atom stereocenters. The number of nitro benzene ring substituents is 1. The molecular formula is C12H13ClN4O4. The molecule has 1 fully saturated rings. The van der Waals surface area contributed by atoms with E-state index in [1.165, 1.54) is 0 Å². The zero-order chi connectivity index (χ0) is 15.6. The van der Waals surface area contributed by atoms with E-state index < -0.39 is 16.9 Å². The first-order chi connectivity index (χ1) is 9.90. The van der Waals surface area contributed by atoms with Crippen molar-refractivity contribution in [2.75, 3.05) is 12.3 Å². The molecule has 4 N–H and O–H groups in total. The molecule has 1 aromatic carbocycles. The van der Waals surface area contributed by atoms with Gasteiger partial charge in [0.2, 0.25) is 5.91 Å². The minimum absolute atomic E-state index is 0.0593. The first kappa shape index (κ1) is 15.0. The van der Waals surface area contributed by atoms with E-state index in [-0.39, 0.29) is 27.9 Å². The van der Waals surface area contributed by atoms with Crippen molar-refractivity contribution in [3.05, 3.63) is 32.8 Å². The smallest absolute Gasteiger partial charge is 0.271 e. The Hall–Kier alpha value is -2.35. The fraction of sp³-hybridized carbons (Fsp3) is 0.333. The maximum absolute atomic E-state index is 12.2. The molecule has 112 valence electrons. The number of non-ortho nitro benzene ring substituents is 1. The molecular weight excluding hydrogens is 300 g/mol. The lowest BCUT2D eigenvalue weighted by molar-refractivity contribution is -0.384. The van der Waals surface area contributed by atoms with Crippen molar-refractivity contribution in [2.24, 2.45) is 0 Å². The van der Waals surface area contributed by atoms with E-state index in [9.17, 15) is 19.7 Å². The summed E-state index contributed by atoms with van der Waals surface area (Å²) in [7, 11) is 0. The van der Waals surface area contributed by atoms with E-state index in [0.29, 0.717) is 13.0 Å². The van der Waals surface area contributed by atoms with Crippen LogP contribution in [0.1, 0.15) is 23.2 Å². The van der Waals surface area contributed by atoms with Gasteiger partial charge in [0.1, 0.15) is 6.04 Å². The molecule has 2 rings (SSSR count). The standard InChI is InChI=1S/C12H13ClN4O4/c13-8-5-6(17(20)21)4-7(10(8)14)11(18)16-9-2-1-3-15-12(9)19/h4-5,9H,1-3,14H2,(H,15,19)(H,16,18). The van der Waals surface area contributed by atoms with Crippen LogP contribution in [0.2, 0.25) is 5.02 Å². The number of nitrogen functional groups attached to an aromatic ring is 1. The zero-order valence-electron chi connectivity index (χ0n) is 10.9. The zero-order valence-corrected chi connectivity index (χ0v) is 11.6. The van der Waals surface area contributed by atoms with Crippen LogP contribution in [0.15, 0.2) is 12.1 Å². The van der Waals surface area contributed by atoms with E-state index in [1.54, 1.807) is 0 Å². The second-order valence-electron chi connectivity index (χ2n) is 4.61. The summed E-state index contributed by atoms with van der Waals surface area (Å²) in [5.74, 6) is -0.954. The lowest BCUT2D eigenvalue weighted by Crippen LogP contribution is -2.50. The summed E-state index contributed by atoms with van der Waals surface area (Å²) in [5.41, 5.74) is 5.16. The van der Waals surface area contributed by atoms with Crippen molar-refractivity contribution < 1.29 is 14.5 Å². The Labute approximate surface area is 124 Å². The Morgan fingerprint density at radius 2 is 2.24 bits per heavy atom. The van der Waals surface area contributed by atoms with Gasteiger partial charge in [0.15, 0.2) is 0 Å². The maximum atomic E-state index is 12.2. The molecule has 2 amide bonds. The number of halogens is 1. The number of benzene rings is 1. The van der Waals surface area contributed by atoms with Gasteiger partial charge in [-0.05, 0) is 12.8 Å². The first-order valence-electron chi connectivity index (χ1n) is 6.22. The molecule has 0 saturated carbocycles. The monoisotopic (exact) mass is 312 g/mol. The summed E-state index contributed by atoms with van der Waals surface area (Å²) >= 11 is 5.79. The largest absolute Gasteiger partial charge is 0.397 e. The van der Waals surface area contributed by atoms with Crippen molar-refractivity contribution in [3.8, 4) is 0 Å². The first-order valence-corrected chi connectivity index (χ1v) is 6.60. The number of rotatable bonds is 3. The second-order valence-corrected chi connectivity index (χ2v) is 5.01. The number of carbonyl (C=O) groups is 2. The highest BCUT2D eigenvalue weighted by atomic mass is 35.5. The summed E-state index contributed by atoms with van der Waals surface area (Å²) in [6.45, 7) is 0.565. The quantitative estimate of drug-likeness (QED) is 0.433. The molecule has 8 nitrogen and oxygen atoms in total. The van der Waals surface area contributed by atoms with Crippen LogP contribution < -0.4 is 16.4 Å². The number of amides is 2. The molecule has 9 heteroatoms. The van der Waals surface area contributed by atoms with Crippen LogP contribution in [-0.4, -0.2) is 29.3 Å². The van der Waals surface area contributed by atoms with Crippen molar-refractivity contribution in [1.29, 1.82) is 0 Å². The average Bonchev–Trinajstić information content (AvgIpc) is 2.43. The molecule has 21 heavy (non-hydrogen) atoms. The highest BCUT2D eigenvalue weighted by molar-refractivity contribution is 6.34. The third kappa shape index (κ3) is 3.22. The topological polar surface area (TPSA) is 127 Å². The van der Waals surface area contributed by atoms with Crippen LogP contribution in [-0.2, 0) is 4.79 Å². The Morgan fingerprint density at radius 3 is 2.86 bits per heavy atom. The second kappa shape index (κ2) is 5.96. The fourth-order valence-corrected chi connectivity index (χ4v) is 2.26. The molecule has 1 unspecified atom stereocenters. The van der Waals surface area contributed by atoms with Crippen LogP contribution in [0.5, 0.6) is 0 Å². The maximum Gasteiger partial charge on any atom is 0.271 e. The Balaban J connectivity index is 2.26. The molecule has 1 aliphatic heterocycles. The van der Waals surface area contributed by atoms with Gasteiger partial charge in [-0.15, -0.1) is 0 Å². The van der Waals surface area contributed by atoms with Gasteiger partial charge < -0.3 is 16.4 Å². The summed E-state index contributed by atoms with van der Waals surface area (Å²) in [6, 6.07) is 1.43. The molecule has 0 aliphatic carbocycles. The lowest BCUT2D eigenvalue weighted by atomic mass is 10.1. The van der Waals surface area contributed by atoms with Gasteiger partial charge in [-0.3, -0.25) is 19.7 Å². The predicted molar refractivity (Wildman–Crippen MR) is 76.0 cm³/mol. The number of nitro groups is 1. The van der Waals surface area contributed by atoms with Gasteiger partial charge in [0.05, 0.1) is 21.2 Å². The summed E-state index contributed by atoms with van der Waals surface area (Å²) in [4.78, 5) is 33.9. The number of anilines is 1. The normalized spacial score (nSPS) is 18.0. The molecule has 0 spiro atoms. The van der Waals surface area contributed by atoms with Crippen molar-refractivity contribution in [3.63, 3.8) is 0 Å². The summed E-state index contributed by atoms with van der Waals surface area (Å²) < 4.78 is 0.